The summed E-state index contributed by atoms with van der Waals surface area (Å²) in [5.41, 5.74) is -1.18. The van der Waals surface area contributed by atoms with E-state index >= 15 is 0 Å². The van der Waals surface area contributed by atoms with E-state index in [4.69, 9.17) is 0 Å². The highest BCUT2D eigenvalue weighted by Crippen LogP contribution is 2.29. The summed E-state index contributed by atoms with van der Waals surface area (Å²) < 4.78 is 69.3. The molecule has 0 saturated carbocycles. The fraction of sp³-hybridized carbons (Fsp3) is 0.300. The average molecular weight is 269 g/mol. The van der Waals surface area contributed by atoms with Gasteiger partial charge in [0.2, 0.25) is 5.82 Å². The summed E-state index contributed by atoms with van der Waals surface area (Å²) in [7, 11) is 2.02. The van der Waals surface area contributed by atoms with Gasteiger partial charge in [0, 0.05) is 7.05 Å². The molecule has 8 heteroatoms. The Morgan fingerprint density at radius 2 is 1.39 bits per heavy atom. The number of likely N-dealkylation sites (N-methyl/N-ethyl adjacent to an activating group) is 1. The van der Waals surface area contributed by atoms with Gasteiger partial charge >= 0.3 is 5.97 Å². The molecule has 0 saturated heterocycles. The molecule has 0 amide bonds. The highest BCUT2D eigenvalue weighted by atomic mass is 19.2. The van der Waals surface area contributed by atoms with Crippen molar-refractivity contribution in [2.75, 3.05) is 25.6 Å². The van der Waals surface area contributed by atoms with Crippen molar-refractivity contribution >= 4 is 11.7 Å². The minimum absolute atomic E-state index is 0.572. The van der Waals surface area contributed by atoms with E-state index in [1.54, 1.807) is 0 Å². The molecular formula is C10H8F5NO2. The van der Waals surface area contributed by atoms with Gasteiger partial charge in [0.15, 0.2) is 23.3 Å². The molecule has 1 aromatic rings. The third-order valence-corrected chi connectivity index (χ3v) is 2.16. The number of benzene rings is 1. The van der Waals surface area contributed by atoms with E-state index in [-0.39, 0.29) is 0 Å². The summed E-state index contributed by atoms with van der Waals surface area (Å²) in [6, 6.07) is 0. The van der Waals surface area contributed by atoms with Crippen LogP contribution in [-0.2, 0) is 9.53 Å². The molecule has 18 heavy (non-hydrogen) atoms. The fourth-order valence-corrected chi connectivity index (χ4v) is 1.27. The first kappa shape index (κ1) is 14.2. The maximum Gasteiger partial charge on any atom is 0.325 e. The van der Waals surface area contributed by atoms with Crippen LogP contribution in [0.2, 0.25) is 0 Å². The second kappa shape index (κ2) is 5.19. The van der Waals surface area contributed by atoms with Crippen LogP contribution in [0.15, 0.2) is 0 Å². The molecule has 1 aromatic carbocycles. The Morgan fingerprint density at radius 3 is 1.78 bits per heavy atom. The number of ether oxygens (including phenoxy) is 1. The van der Waals surface area contributed by atoms with Gasteiger partial charge in [-0.1, -0.05) is 0 Å². The lowest BCUT2D eigenvalue weighted by Gasteiger charge is -2.19. The minimum Gasteiger partial charge on any atom is -0.468 e. The number of anilines is 1. The van der Waals surface area contributed by atoms with Crippen LogP contribution in [0.1, 0.15) is 0 Å². The lowest BCUT2D eigenvalue weighted by molar-refractivity contribution is -0.138. The number of methoxy groups -OCH3 is 1. The van der Waals surface area contributed by atoms with Gasteiger partial charge in [-0.2, -0.15) is 0 Å². The number of rotatable bonds is 3. The summed E-state index contributed by atoms with van der Waals surface area (Å²) in [5, 5.41) is 0. The molecule has 0 aliphatic carbocycles. The topological polar surface area (TPSA) is 29.5 Å². The zero-order chi connectivity index (χ0) is 14.0. The molecule has 0 atom stereocenters. The van der Waals surface area contributed by atoms with Crippen molar-refractivity contribution in [1.29, 1.82) is 0 Å². The third-order valence-electron chi connectivity index (χ3n) is 2.16. The number of carbonyl (C=O) groups is 1. The molecule has 0 aliphatic rings. The monoisotopic (exact) mass is 269 g/mol. The summed E-state index contributed by atoms with van der Waals surface area (Å²) in [5.74, 6) is -11.3. The Morgan fingerprint density at radius 1 is 1.00 bits per heavy atom. The average Bonchev–Trinajstić information content (AvgIpc) is 2.34. The number of esters is 1. The highest BCUT2D eigenvalue weighted by molar-refractivity contribution is 5.75. The molecule has 0 spiro atoms. The van der Waals surface area contributed by atoms with Crippen LogP contribution in [0.5, 0.6) is 0 Å². The van der Waals surface area contributed by atoms with Gasteiger partial charge in [-0.15, -0.1) is 0 Å². The van der Waals surface area contributed by atoms with E-state index in [2.05, 4.69) is 4.74 Å². The van der Waals surface area contributed by atoms with Crippen molar-refractivity contribution in [1.82, 2.24) is 0 Å². The minimum atomic E-state index is -2.25. The molecule has 0 unspecified atom stereocenters. The summed E-state index contributed by atoms with van der Waals surface area (Å²) in [6.45, 7) is -0.658. The second-order valence-electron chi connectivity index (χ2n) is 3.35. The first-order valence-corrected chi connectivity index (χ1v) is 4.60. The smallest absolute Gasteiger partial charge is 0.325 e. The van der Waals surface area contributed by atoms with Crippen LogP contribution in [0.25, 0.3) is 0 Å². The van der Waals surface area contributed by atoms with Crippen LogP contribution in [0, 0.1) is 29.1 Å². The fourth-order valence-electron chi connectivity index (χ4n) is 1.27. The number of carbonyl (C=O) groups excluding carboxylic acids is 1. The van der Waals surface area contributed by atoms with Gasteiger partial charge in [-0.3, -0.25) is 4.79 Å². The van der Waals surface area contributed by atoms with Crippen molar-refractivity contribution in [2.24, 2.45) is 0 Å². The zero-order valence-corrected chi connectivity index (χ0v) is 9.36. The van der Waals surface area contributed by atoms with Crippen molar-refractivity contribution < 1.29 is 31.5 Å². The van der Waals surface area contributed by atoms with Crippen molar-refractivity contribution in [3.05, 3.63) is 29.1 Å². The number of nitrogens with zero attached hydrogens (tertiary/aromatic N) is 1. The van der Waals surface area contributed by atoms with Crippen LogP contribution in [0.3, 0.4) is 0 Å². The van der Waals surface area contributed by atoms with Gasteiger partial charge in [0.1, 0.15) is 12.2 Å². The Kier molecular flexibility index (Phi) is 4.10. The number of hydrogen-bond acceptors (Lipinski definition) is 3. The van der Waals surface area contributed by atoms with Crippen molar-refractivity contribution in [3.8, 4) is 0 Å². The van der Waals surface area contributed by atoms with Crippen molar-refractivity contribution in [3.63, 3.8) is 0 Å². The normalized spacial score (nSPS) is 10.4. The van der Waals surface area contributed by atoms with Gasteiger partial charge < -0.3 is 9.64 Å². The van der Waals surface area contributed by atoms with E-state index in [1.165, 1.54) is 0 Å². The molecule has 0 aromatic heterocycles. The molecule has 0 bridgehead atoms. The molecule has 100 valence electrons. The standard InChI is InChI=1S/C10H8F5NO2/c1-16(3-4(17)18-2)10-8(14)6(12)5(11)7(13)9(10)15/h3H2,1-2H3. The Balaban J connectivity index is 3.28. The molecular weight excluding hydrogens is 261 g/mol. The molecule has 0 aliphatic heterocycles. The summed E-state index contributed by atoms with van der Waals surface area (Å²) >= 11 is 0. The number of halogens is 5. The van der Waals surface area contributed by atoms with Gasteiger partial charge in [0.25, 0.3) is 0 Å². The van der Waals surface area contributed by atoms with E-state index in [0.29, 0.717) is 4.90 Å². The van der Waals surface area contributed by atoms with Crippen LogP contribution < -0.4 is 4.90 Å². The van der Waals surface area contributed by atoms with Gasteiger partial charge in [-0.25, -0.2) is 22.0 Å². The van der Waals surface area contributed by atoms with E-state index < -0.39 is 47.3 Å². The molecule has 3 nitrogen and oxygen atoms in total. The third kappa shape index (κ3) is 2.36. The first-order valence-electron chi connectivity index (χ1n) is 4.60. The number of hydrogen-bond donors (Lipinski definition) is 0. The Bertz CT molecular complexity index is 463. The van der Waals surface area contributed by atoms with E-state index in [1.807, 2.05) is 0 Å². The maximum absolute atomic E-state index is 13.3. The molecule has 1 rings (SSSR count). The molecule has 0 N–H and O–H groups in total. The molecule has 0 radical (unpaired) electrons. The predicted molar refractivity (Wildman–Crippen MR) is 51.5 cm³/mol. The van der Waals surface area contributed by atoms with Crippen LogP contribution >= 0.6 is 0 Å². The SMILES string of the molecule is COC(=O)CN(C)c1c(F)c(F)c(F)c(F)c1F. The van der Waals surface area contributed by atoms with Crippen LogP contribution in [0.4, 0.5) is 27.6 Å². The van der Waals surface area contributed by atoms with Gasteiger partial charge in [-0.05, 0) is 0 Å². The largest absolute Gasteiger partial charge is 0.468 e. The zero-order valence-electron chi connectivity index (χ0n) is 9.36. The quantitative estimate of drug-likeness (QED) is 0.364. The first-order chi connectivity index (χ1) is 8.31. The van der Waals surface area contributed by atoms with Crippen molar-refractivity contribution in [2.45, 2.75) is 0 Å². The summed E-state index contributed by atoms with van der Waals surface area (Å²) in [4.78, 5) is 11.5. The Hall–Kier alpha value is -1.86. The Labute approximate surface area is 98.8 Å². The highest BCUT2D eigenvalue weighted by Gasteiger charge is 2.28. The predicted octanol–water partition coefficient (Wildman–Crippen LogP) is 1.99. The van der Waals surface area contributed by atoms with Crippen LogP contribution in [-0.4, -0.2) is 26.7 Å². The molecule has 0 heterocycles. The lowest BCUT2D eigenvalue weighted by Crippen LogP contribution is -2.29. The van der Waals surface area contributed by atoms with E-state index in [9.17, 15) is 26.7 Å². The summed E-state index contributed by atoms with van der Waals surface area (Å²) in [6.07, 6.45) is 0. The van der Waals surface area contributed by atoms with Gasteiger partial charge in [0.05, 0.1) is 7.11 Å². The second-order valence-corrected chi connectivity index (χ2v) is 3.35. The lowest BCUT2D eigenvalue weighted by atomic mass is 10.2. The van der Waals surface area contributed by atoms with E-state index in [0.717, 1.165) is 14.2 Å². The molecule has 0 fully saturated rings. The maximum atomic E-state index is 13.3.